The van der Waals surface area contributed by atoms with Gasteiger partial charge in [-0.15, -0.1) is 0 Å². The van der Waals surface area contributed by atoms with Gasteiger partial charge in [-0.3, -0.25) is 0 Å². The molecule has 2 amide bonds. The summed E-state index contributed by atoms with van der Waals surface area (Å²) in [6, 6.07) is 7.67. The minimum absolute atomic E-state index is 0.185. The zero-order valence-electron chi connectivity index (χ0n) is 13.1. The normalized spacial score (nSPS) is 11.6. The average molecular weight is 278 g/mol. The number of urea groups is 1. The average Bonchev–Trinajstić information content (AvgIpc) is 2.35. The Morgan fingerprint density at radius 3 is 2.55 bits per heavy atom. The Bertz CT molecular complexity index is 450. The van der Waals surface area contributed by atoms with E-state index in [1.54, 1.807) is 18.7 Å². The number of amides is 2. The predicted molar refractivity (Wildman–Crippen MR) is 83.1 cm³/mol. The smallest absolute Gasteiger partial charge is 0.321 e. The van der Waals surface area contributed by atoms with E-state index >= 15 is 0 Å². The Hall–Kier alpha value is -1.55. The molecule has 0 saturated heterocycles. The molecule has 0 fully saturated rings. The van der Waals surface area contributed by atoms with Gasteiger partial charge in [-0.2, -0.15) is 0 Å². The maximum atomic E-state index is 12.2. The van der Waals surface area contributed by atoms with E-state index in [-0.39, 0.29) is 6.03 Å². The fraction of sp³-hybridized carbons (Fsp3) is 0.562. The molecule has 0 aliphatic heterocycles. The molecule has 0 bridgehead atoms. The van der Waals surface area contributed by atoms with Crippen LogP contribution in [0.1, 0.15) is 46.1 Å². The van der Waals surface area contributed by atoms with Gasteiger partial charge in [0.05, 0.1) is 12.1 Å². The van der Waals surface area contributed by atoms with Crippen molar-refractivity contribution >= 4 is 11.7 Å². The molecule has 0 atom stereocenters. The van der Waals surface area contributed by atoms with Crippen LogP contribution in [0.25, 0.3) is 0 Å². The van der Waals surface area contributed by atoms with Crippen molar-refractivity contribution in [2.24, 2.45) is 0 Å². The van der Waals surface area contributed by atoms with Crippen molar-refractivity contribution in [2.75, 3.05) is 18.4 Å². The van der Waals surface area contributed by atoms with Crippen LogP contribution in [-0.4, -0.2) is 34.7 Å². The fourth-order valence-electron chi connectivity index (χ4n) is 1.97. The SMILES string of the molecule is CCN(CC(C)(C)O)C(=O)Nc1cccc(C(C)C)c1. The lowest BCUT2D eigenvalue weighted by Crippen LogP contribution is -2.44. The van der Waals surface area contributed by atoms with E-state index in [4.69, 9.17) is 0 Å². The second-order valence-electron chi connectivity index (χ2n) is 6.04. The van der Waals surface area contributed by atoms with Gasteiger partial charge >= 0.3 is 6.03 Å². The molecule has 1 aromatic rings. The van der Waals surface area contributed by atoms with Gasteiger partial charge in [-0.05, 0) is 44.4 Å². The molecule has 0 aliphatic rings. The van der Waals surface area contributed by atoms with Gasteiger partial charge in [0.2, 0.25) is 0 Å². The quantitative estimate of drug-likeness (QED) is 0.867. The van der Waals surface area contributed by atoms with E-state index in [0.717, 1.165) is 5.69 Å². The third kappa shape index (κ3) is 5.21. The Balaban J connectivity index is 2.76. The molecular formula is C16H26N2O2. The summed E-state index contributed by atoms with van der Waals surface area (Å²) < 4.78 is 0. The maximum Gasteiger partial charge on any atom is 0.321 e. The maximum absolute atomic E-state index is 12.2. The van der Waals surface area contributed by atoms with Crippen LogP contribution in [0.4, 0.5) is 10.5 Å². The van der Waals surface area contributed by atoms with Gasteiger partial charge < -0.3 is 15.3 Å². The lowest BCUT2D eigenvalue weighted by Gasteiger charge is -2.28. The van der Waals surface area contributed by atoms with E-state index in [1.165, 1.54) is 5.56 Å². The molecule has 20 heavy (non-hydrogen) atoms. The standard InChI is InChI=1S/C16H26N2O2/c1-6-18(11-16(4,5)20)15(19)17-14-9-7-8-13(10-14)12(2)3/h7-10,12,20H,6,11H2,1-5H3,(H,17,19). The first-order chi connectivity index (χ1) is 9.23. The molecule has 4 heteroatoms. The second-order valence-corrected chi connectivity index (χ2v) is 6.04. The molecule has 0 aromatic heterocycles. The topological polar surface area (TPSA) is 52.6 Å². The van der Waals surface area contributed by atoms with Crippen molar-refractivity contribution in [3.05, 3.63) is 29.8 Å². The van der Waals surface area contributed by atoms with Crippen LogP contribution in [-0.2, 0) is 0 Å². The minimum atomic E-state index is -0.896. The molecule has 1 aromatic carbocycles. The highest BCUT2D eigenvalue weighted by Crippen LogP contribution is 2.19. The summed E-state index contributed by atoms with van der Waals surface area (Å²) in [6.45, 7) is 10.4. The summed E-state index contributed by atoms with van der Waals surface area (Å²) in [5.74, 6) is 0.422. The predicted octanol–water partition coefficient (Wildman–Crippen LogP) is 3.43. The van der Waals surface area contributed by atoms with E-state index in [0.29, 0.717) is 19.0 Å². The number of likely N-dealkylation sites (N-methyl/N-ethyl adjacent to an activating group) is 1. The minimum Gasteiger partial charge on any atom is -0.389 e. The molecule has 112 valence electrons. The first-order valence-corrected chi connectivity index (χ1v) is 7.11. The van der Waals surface area contributed by atoms with Crippen LogP contribution in [0.2, 0.25) is 0 Å². The highest BCUT2D eigenvalue weighted by Gasteiger charge is 2.21. The van der Waals surface area contributed by atoms with Crippen LogP contribution in [0.15, 0.2) is 24.3 Å². The monoisotopic (exact) mass is 278 g/mol. The fourth-order valence-corrected chi connectivity index (χ4v) is 1.97. The van der Waals surface area contributed by atoms with E-state index in [9.17, 15) is 9.90 Å². The van der Waals surface area contributed by atoms with Gasteiger partial charge in [0.1, 0.15) is 0 Å². The molecule has 4 nitrogen and oxygen atoms in total. The van der Waals surface area contributed by atoms with Gasteiger partial charge in [0.15, 0.2) is 0 Å². The van der Waals surface area contributed by atoms with Crippen molar-refractivity contribution in [3.63, 3.8) is 0 Å². The lowest BCUT2D eigenvalue weighted by atomic mass is 10.0. The Labute approximate surface area is 121 Å². The molecular weight excluding hydrogens is 252 g/mol. The number of nitrogens with zero attached hydrogens (tertiary/aromatic N) is 1. The number of rotatable bonds is 5. The first kappa shape index (κ1) is 16.5. The summed E-state index contributed by atoms with van der Waals surface area (Å²) in [7, 11) is 0. The second kappa shape index (κ2) is 6.75. The van der Waals surface area contributed by atoms with Crippen LogP contribution in [0.5, 0.6) is 0 Å². The molecule has 2 N–H and O–H groups in total. The van der Waals surface area contributed by atoms with Gasteiger partial charge in [-0.1, -0.05) is 26.0 Å². The summed E-state index contributed by atoms with van der Waals surface area (Å²) in [6.07, 6.45) is 0. The first-order valence-electron chi connectivity index (χ1n) is 7.11. The van der Waals surface area contributed by atoms with E-state index in [2.05, 4.69) is 25.2 Å². The Kier molecular flexibility index (Phi) is 5.57. The number of nitrogens with one attached hydrogen (secondary N) is 1. The van der Waals surface area contributed by atoms with Crippen molar-refractivity contribution in [1.82, 2.24) is 4.90 Å². The number of anilines is 1. The van der Waals surface area contributed by atoms with Crippen molar-refractivity contribution < 1.29 is 9.90 Å². The number of carbonyl (C=O) groups is 1. The van der Waals surface area contributed by atoms with Crippen LogP contribution >= 0.6 is 0 Å². The van der Waals surface area contributed by atoms with Crippen LogP contribution < -0.4 is 5.32 Å². The summed E-state index contributed by atoms with van der Waals surface area (Å²) in [4.78, 5) is 13.8. The van der Waals surface area contributed by atoms with Crippen molar-refractivity contribution in [1.29, 1.82) is 0 Å². The molecule has 0 radical (unpaired) electrons. The summed E-state index contributed by atoms with van der Waals surface area (Å²) in [5.41, 5.74) is 1.08. The highest BCUT2D eigenvalue weighted by atomic mass is 16.3. The molecule has 0 spiro atoms. The van der Waals surface area contributed by atoms with Gasteiger partial charge in [0, 0.05) is 12.2 Å². The molecule has 0 aliphatic carbocycles. The molecule has 0 unspecified atom stereocenters. The third-order valence-corrected chi connectivity index (χ3v) is 3.05. The van der Waals surface area contributed by atoms with Crippen molar-refractivity contribution in [3.8, 4) is 0 Å². The molecule has 0 saturated carbocycles. The number of benzene rings is 1. The Morgan fingerprint density at radius 2 is 2.05 bits per heavy atom. The van der Waals surface area contributed by atoms with Gasteiger partial charge in [0.25, 0.3) is 0 Å². The lowest BCUT2D eigenvalue weighted by molar-refractivity contribution is 0.0501. The van der Waals surface area contributed by atoms with Crippen molar-refractivity contribution in [2.45, 2.75) is 46.1 Å². The summed E-state index contributed by atoms with van der Waals surface area (Å²) >= 11 is 0. The number of aliphatic hydroxyl groups is 1. The van der Waals surface area contributed by atoms with Crippen LogP contribution in [0.3, 0.4) is 0 Å². The van der Waals surface area contributed by atoms with Crippen LogP contribution in [0, 0.1) is 0 Å². The number of carbonyl (C=O) groups excluding carboxylic acids is 1. The zero-order chi connectivity index (χ0) is 15.3. The van der Waals surface area contributed by atoms with Gasteiger partial charge in [-0.25, -0.2) is 4.79 Å². The molecule has 0 heterocycles. The molecule has 1 rings (SSSR count). The summed E-state index contributed by atoms with van der Waals surface area (Å²) in [5, 5.41) is 12.7. The Morgan fingerprint density at radius 1 is 1.40 bits per heavy atom. The van der Waals surface area contributed by atoms with E-state index < -0.39 is 5.60 Å². The largest absolute Gasteiger partial charge is 0.389 e. The number of hydrogen-bond acceptors (Lipinski definition) is 2. The highest BCUT2D eigenvalue weighted by molar-refractivity contribution is 5.89. The zero-order valence-corrected chi connectivity index (χ0v) is 13.1. The number of hydrogen-bond donors (Lipinski definition) is 2. The third-order valence-electron chi connectivity index (χ3n) is 3.05. The van der Waals surface area contributed by atoms with E-state index in [1.807, 2.05) is 25.1 Å².